The van der Waals surface area contributed by atoms with E-state index in [2.05, 4.69) is 20.9 Å². The minimum atomic E-state index is -0.510. The van der Waals surface area contributed by atoms with Gasteiger partial charge in [-0.1, -0.05) is 22.0 Å². The molecule has 0 aliphatic heterocycles. The molecular formula is C15H10BrFN2O. The van der Waals surface area contributed by atoms with Gasteiger partial charge in [-0.3, -0.25) is 0 Å². The second kappa shape index (κ2) is 5.09. The highest BCUT2D eigenvalue weighted by Gasteiger charge is 2.08. The van der Waals surface area contributed by atoms with E-state index < -0.39 is 5.82 Å². The fourth-order valence-corrected chi connectivity index (χ4v) is 2.40. The van der Waals surface area contributed by atoms with Crippen LogP contribution in [-0.2, 0) is 0 Å². The highest BCUT2D eigenvalue weighted by Crippen LogP contribution is 2.32. The third-order valence-corrected chi connectivity index (χ3v) is 3.59. The van der Waals surface area contributed by atoms with E-state index in [4.69, 9.17) is 10.5 Å². The number of fused-ring (bicyclic) bond motifs is 1. The standard InChI is InChI=1S/C15H10BrFN2O/c16-12-3-1-2-11-10(12)6-7-19-15(11)20-9-4-5-14(18)13(17)8-9/h1-8H,18H2. The SMILES string of the molecule is Nc1ccc(Oc2nccc3c(Br)cccc23)cc1F. The molecule has 0 saturated carbocycles. The molecule has 5 heteroatoms. The van der Waals surface area contributed by atoms with E-state index in [0.717, 1.165) is 15.2 Å². The molecule has 20 heavy (non-hydrogen) atoms. The predicted molar refractivity (Wildman–Crippen MR) is 80.3 cm³/mol. The first-order valence-corrected chi connectivity index (χ1v) is 6.70. The minimum Gasteiger partial charge on any atom is -0.438 e. The van der Waals surface area contributed by atoms with Gasteiger partial charge in [0.1, 0.15) is 11.6 Å². The monoisotopic (exact) mass is 332 g/mol. The summed E-state index contributed by atoms with van der Waals surface area (Å²) in [5, 5.41) is 1.83. The van der Waals surface area contributed by atoms with Crippen molar-refractivity contribution in [1.29, 1.82) is 0 Å². The van der Waals surface area contributed by atoms with E-state index in [0.29, 0.717) is 11.6 Å². The number of ether oxygens (including phenoxy) is 1. The average Bonchev–Trinajstić information content (AvgIpc) is 2.44. The van der Waals surface area contributed by atoms with E-state index in [1.165, 1.54) is 12.1 Å². The summed E-state index contributed by atoms with van der Waals surface area (Å²) in [5.74, 6) is 0.272. The molecule has 0 spiro atoms. The maximum atomic E-state index is 13.4. The first-order valence-electron chi connectivity index (χ1n) is 5.91. The molecule has 0 atom stereocenters. The lowest BCUT2D eigenvalue weighted by atomic mass is 10.2. The van der Waals surface area contributed by atoms with Crippen LogP contribution in [0.15, 0.2) is 53.1 Å². The summed E-state index contributed by atoms with van der Waals surface area (Å²) in [6, 6.07) is 11.9. The van der Waals surface area contributed by atoms with Crippen LogP contribution >= 0.6 is 15.9 Å². The van der Waals surface area contributed by atoms with Crippen LogP contribution in [0.4, 0.5) is 10.1 Å². The first-order chi connectivity index (χ1) is 9.65. The maximum Gasteiger partial charge on any atom is 0.227 e. The Hall–Kier alpha value is -2.14. The molecule has 100 valence electrons. The number of pyridine rings is 1. The lowest BCUT2D eigenvalue weighted by Gasteiger charge is -2.09. The van der Waals surface area contributed by atoms with Gasteiger partial charge in [-0.25, -0.2) is 9.37 Å². The summed E-state index contributed by atoms with van der Waals surface area (Å²) in [6.45, 7) is 0. The number of nitrogens with zero attached hydrogens (tertiary/aromatic N) is 1. The van der Waals surface area contributed by atoms with Crippen LogP contribution in [0.5, 0.6) is 11.6 Å². The average molecular weight is 333 g/mol. The van der Waals surface area contributed by atoms with Gasteiger partial charge in [-0.15, -0.1) is 0 Å². The fraction of sp³-hybridized carbons (Fsp3) is 0. The van der Waals surface area contributed by atoms with Crippen molar-refractivity contribution in [2.75, 3.05) is 5.73 Å². The van der Waals surface area contributed by atoms with Crippen molar-refractivity contribution < 1.29 is 9.13 Å². The zero-order valence-electron chi connectivity index (χ0n) is 10.3. The Morgan fingerprint density at radius 2 is 1.95 bits per heavy atom. The number of halogens is 2. The quantitative estimate of drug-likeness (QED) is 0.702. The Balaban J connectivity index is 2.06. The summed E-state index contributed by atoms with van der Waals surface area (Å²) in [6.07, 6.45) is 1.65. The van der Waals surface area contributed by atoms with Crippen LogP contribution in [0.25, 0.3) is 10.8 Å². The van der Waals surface area contributed by atoms with Crippen LogP contribution in [0.1, 0.15) is 0 Å². The molecule has 0 aliphatic rings. The molecule has 3 rings (SSSR count). The van der Waals surface area contributed by atoms with Gasteiger partial charge in [0.25, 0.3) is 0 Å². The molecule has 0 fully saturated rings. The molecule has 0 amide bonds. The van der Waals surface area contributed by atoms with E-state index in [1.54, 1.807) is 12.3 Å². The Bertz CT molecular complexity index is 792. The highest BCUT2D eigenvalue weighted by atomic mass is 79.9. The second-order valence-electron chi connectivity index (χ2n) is 4.24. The number of anilines is 1. The third-order valence-electron chi connectivity index (χ3n) is 2.90. The van der Waals surface area contributed by atoms with Gasteiger partial charge >= 0.3 is 0 Å². The molecule has 2 N–H and O–H groups in total. The number of hydrogen-bond acceptors (Lipinski definition) is 3. The van der Waals surface area contributed by atoms with Crippen molar-refractivity contribution in [2.45, 2.75) is 0 Å². The lowest BCUT2D eigenvalue weighted by molar-refractivity contribution is 0.464. The Kier molecular flexibility index (Phi) is 3.28. The molecule has 3 nitrogen and oxygen atoms in total. The van der Waals surface area contributed by atoms with Crippen LogP contribution < -0.4 is 10.5 Å². The Labute approximate surface area is 123 Å². The van der Waals surface area contributed by atoms with Gasteiger partial charge in [-0.05, 0) is 30.3 Å². The first kappa shape index (κ1) is 12.9. The van der Waals surface area contributed by atoms with Gasteiger partial charge in [0.15, 0.2) is 0 Å². The summed E-state index contributed by atoms with van der Waals surface area (Å²) >= 11 is 3.48. The largest absolute Gasteiger partial charge is 0.438 e. The Morgan fingerprint density at radius 1 is 1.10 bits per heavy atom. The molecule has 1 heterocycles. The van der Waals surface area contributed by atoms with E-state index in [1.807, 2.05) is 24.3 Å². The molecule has 0 saturated heterocycles. The zero-order valence-corrected chi connectivity index (χ0v) is 11.9. The molecule has 1 aromatic heterocycles. The molecule has 0 bridgehead atoms. The van der Waals surface area contributed by atoms with Crippen LogP contribution in [0.2, 0.25) is 0 Å². The number of rotatable bonds is 2. The zero-order chi connectivity index (χ0) is 14.1. The van der Waals surface area contributed by atoms with Gasteiger partial charge in [0.05, 0.1) is 5.69 Å². The number of benzene rings is 2. The summed E-state index contributed by atoms with van der Waals surface area (Å²) < 4.78 is 20.0. The predicted octanol–water partition coefficient (Wildman–Crippen LogP) is 4.51. The fourth-order valence-electron chi connectivity index (χ4n) is 1.91. The van der Waals surface area contributed by atoms with Crippen molar-refractivity contribution in [3.8, 4) is 11.6 Å². The smallest absolute Gasteiger partial charge is 0.227 e. The maximum absolute atomic E-state index is 13.4. The molecule has 0 unspecified atom stereocenters. The van der Waals surface area contributed by atoms with Crippen LogP contribution in [0.3, 0.4) is 0 Å². The van der Waals surface area contributed by atoms with E-state index in [-0.39, 0.29) is 5.69 Å². The number of nitrogens with two attached hydrogens (primary N) is 1. The molecule has 0 aliphatic carbocycles. The van der Waals surface area contributed by atoms with Crippen LogP contribution in [-0.4, -0.2) is 4.98 Å². The van der Waals surface area contributed by atoms with E-state index in [9.17, 15) is 4.39 Å². The van der Waals surface area contributed by atoms with Crippen molar-refractivity contribution in [1.82, 2.24) is 4.98 Å². The van der Waals surface area contributed by atoms with Gasteiger partial charge in [-0.2, -0.15) is 0 Å². The number of nitrogen functional groups attached to an aromatic ring is 1. The summed E-state index contributed by atoms with van der Waals surface area (Å²) in [5.41, 5.74) is 5.53. The van der Waals surface area contributed by atoms with Gasteiger partial charge < -0.3 is 10.5 Å². The van der Waals surface area contributed by atoms with E-state index >= 15 is 0 Å². The van der Waals surface area contributed by atoms with Gasteiger partial charge in [0.2, 0.25) is 5.88 Å². The number of hydrogen-bond donors (Lipinski definition) is 1. The Morgan fingerprint density at radius 3 is 2.75 bits per heavy atom. The molecular weight excluding hydrogens is 323 g/mol. The normalized spacial score (nSPS) is 10.7. The van der Waals surface area contributed by atoms with Crippen molar-refractivity contribution in [2.24, 2.45) is 0 Å². The van der Waals surface area contributed by atoms with Crippen molar-refractivity contribution in [3.05, 3.63) is 59.0 Å². The second-order valence-corrected chi connectivity index (χ2v) is 5.09. The summed E-state index contributed by atoms with van der Waals surface area (Å²) in [4.78, 5) is 4.20. The molecule has 2 aromatic carbocycles. The van der Waals surface area contributed by atoms with Crippen molar-refractivity contribution in [3.63, 3.8) is 0 Å². The summed E-state index contributed by atoms with van der Waals surface area (Å²) in [7, 11) is 0. The number of aromatic nitrogens is 1. The van der Waals surface area contributed by atoms with Crippen LogP contribution in [0, 0.1) is 5.82 Å². The molecule has 0 radical (unpaired) electrons. The van der Waals surface area contributed by atoms with Crippen molar-refractivity contribution >= 4 is 32.4 Å². The lowest BCUT2D eigenvalue weighted by Crippen LogP contribution is -1.93. The van der Waals surface area contributed by atoms with Gasteiger partial charge in [0, 0.05) is 27.5 Å². The molecule has 3 aromatic rings. The topological polar surface area (TPSA) is 48.1 Å². The minimum absolute atomic E-state index is 0.0889. The third kappa shape index (κ3) is 2.32. The highest BCUT2D eigenvalue weighted by molar-refractivity contribution is 9.10.